The average molecular weight is 820 g/mol. The molecule has 6 nitrogen and oxygen atoms in total. The molecule has 0 bridgehead atoms. The molecule has 3 N–H and O–H groups in total. The van der Waals surface area contributed by atoms with Gasteiger partial charge in [0, 0.05) is 12.8 Å². The second kappa shape index (κ2) is 48.3. The number of carbonyl (C=O) groups is 2. The number of nitrogens with one attached hydrogen (secondary N) is 1. The molecule has 0 aliphatic carbocycles. The number of amides is 1. The van der Waals surface area contributed by atoms with Crippen LogP contribution >= 0.6 is 0 Å². The highest BCUT2D eigenvalue weighted by atomic mass is 16.5. The van der Waals surface area contributed by atoms with E-state index in [2.05, 4.69) is 19.2 Å². The molecule has 0 saturated heterocycles. The van der Waals surface area contributed by atoms with Gasteiger partial charge in [-0.15, -0.1) is 0 Å². The topological polar surface area (TPSA) is 95.9 Å². The van der Waals surface area contributed by atoms with E-state index >= 15 is 0 Å². The second-order valence-electron chi connectivity index (χ2n) is 17.9. The highest BCUT2D eigenvalue weighted by molar-refractivity contribution is 5.76. The number of carbonyl (C=O) groups excluding carboxylic acids is 2. The minimum Gasteiger partial charge on any atom is -0.466 e. The SMILES string of the molecule is CCCCCCCCCCC/C=C/C(O)C(CO)NC(=O)CCCCCCCCCCCCCOC(=O)CCCCCCCCCCCCCCCCCCCCC. The maximum atomic E-state index is 12.4. The highest BCUT2D eigenvalue weighted by Crippen LogP contribution is 2.16. The predicted octanol–water partition coefficient (Wildman–Crippen LogP) is 15.3. The maximum absolute atomic E-state index is 12.4. The first-order valence-electron chi connectivity index (χ1n) is 26.0. The number of allylic oxidation sites excluding steroid dienone is 1. The lowest BCUT2D eigenvalue weighted by Gasteiger charge is -2.20. The van der Waals surface area contributed by atoms with E-state index < -0.39 is 12.1 Å². The van der Waals surface area contributed by atoms with Crippen LogP contribution in [0.1, 0.15) is 284 Å². The van der Waals surface area contributed by atoms with Gasteiger partial charge >= 0.3 is 5.97 Å². The maximum Gasteiger partial charge on any atom is 0.305 e. The van der Waals surface area contributed by atoms with E-state index in [1.165, 1.54) is 199 Å². The smallest absolute Gasteiger partial charge is 0.305 e. The summed E-state index contributed by atoms with van der Waals surface area (Å²) in [5.41, 5.74) is 0. The van der Waals surface area contributed by atoms with Crippen molar-refractivity contribution in [3.63, 3.8) is 0 Å². The zero-order chi connectivity index (χ0) is 42.3. The van der Waals surface area contributed by atoms with Crippen molar-refractivity contribution in [1.82, 2.24) is 5.32 Å². The summed E-state index contributed by atoms with van der Waals surface area (Å²) in [6.45, 7) is 4.86. The first-order valence-corrected chi connectivity index (χ1v) is 26.0. The van der Waals surface area contributed by atoms with Crippen molar-refractivity contribution in [2.24, 2.45) is 0 Å². The Labute approximate surface area is 361 Å². The molecule has 0 heterocycles. The molecule has 0 aromatic heterocycles. The third-order valence-corrected chi connectivity index (χ3v) is 12.1. The molecule has 0 aromatic rings. The van der Waals surface area contributed by atoms with Crippen molar-refractivity contribution in [3.05, 3.63) is 12.2 Å². The number of rotatable bonds is 48. The van der Waals surface area contributed by atoms with Crippen molar-refractivity contribution < 1.29 is 24.5 Å². The largest absolute Gasteiger partial charge is 0.466 e. The summed E-state index contributed by atoms with van der Waals surface area (Å²) in [4.78, 5) is 24.5. The molecule has 0 saturated carbocycles. The molecular weight excluding hydrogens is 719 g/mol. The first kappa shape index (κ1) is 56.6. The van der Waals surface area contributed by atoms with Crippen molar-refractivity contribution in [1.29, 1.82) is 0 Å². The summed E-state index contributed by atoms with van der Waals surface area (Å²) in [6.07, 6.45) is 55.0. The predicted molar refractivity (Wildman–Crippen MR) is 250 cm³/mol. The summed E-state index contributed by atoms with van der Waals surface area (Å²) in [7, 11) is 0. The number of unbranched alkanes of at least 4 members (excludes halogenated alkanes) is 37. The lowest BCUT2D eigenvalue weighted by molar-refractivity contribution is -0.143. The minimum absolute atomic E-state index is 0.0109. The van der Waals surface area contributed by atoms with E-state index in [4.69, 9.17) is 4.74 Å². The number of aliphatic hydroxyl groups is 2. The first-order chi connectivity index (χ1) is 28.5. The Kier molecular flexibility index (Phi) is 47.1. The van der Waals surface area contributed by atoms with E-state index in [1.54, 1.807) is 6.08 Å². The fourth-order valence-corrected chi connectivity index (χ4v) is 8.05. The molecule has 0 aliphatic heterocycles. The molecule has 58 heavy (non-hydrogen) atoms. The van der Waals surface area contributed by atoms with Crippen LogP contribution in [0, 0.1) is 0 Å². The van der Waals surface area contributed by atoms with E-state index in [-0.39, 0.29) is 18.5 Å². The van der Waals surface area contributed by atoms with Crippen molar-refractivity contribution in [3.8, 4) is 0 Å². The molecule has 1 amide bonds. The Bertz CT molecular complexity index is 863. The second-order valence-corrected chi connectivity index (χ2v) is 17.9. The van der Waals surface area contributed by atoms with Crippen molar-refractivity contribution in [2.45, 2.75) is 296 Å². The zero-order valence-corrected chi connectivity index (χ0v) is 39.0. The Morgan fingerprint density at radius 1 is 0.466 bits per heavy atom. The van der Waals surface area contributed by atoms with Crippen LogP contribution in [0.3, 0.4) is 0 Å². The summed E-state index contributed by atoms with van der Waals surface area (Å²) >= 11 is 0. The van der Waals surface area contributed by atoms with Gasteiger partial charge in [0.05, 0.1) is 25.4 Å². The highest BCUT2D eigenvalue weighted by Gasteiger charge is 2.18. The number of esters is 1. The molecule has 0 aromatic carbocycles. The Balaban J connectivity index is 3.43. The van der Waals surface area contributed by atoms with Crippen LogP contribution in [0.2, 0.25) is 0 Å². The third-order valence-electron chi connectivity index (χ3n) is 12.1. The van der Waals surface area contributed by atoms with Gasteiger partial charge < -0.3 is 20.3 Å². The van der Waals surface area contributed by atoms with Crippen LogP contribution in [0.5, 0.6) is 0 Å². The van der Waals surface area contributed by atoms with E-state index in [9.17, 15) is 19.8 Å². The van der Waals surface area contributed by atoms with Crippen LogP contribution < -0.4 is 5.32 Å². The molecule has 2 atom stereocenters. The number of ether oxygens (including phenoxy) is 1. The van der Waals surface area contributed by atoms with Gasteiger partial charge in [-0.05, 0) is 32.1 Å². The minimum atomic E-state index is -0.854. The summed E-state index contributed by atoms with van der Waals surface area (Å²) < 4.78 is 5.47. The Hall–Kier alpha value is -1.40. The van der Waals surface area contributed by atoms with Crippen LogP contribution in [-0.4, -0.2) is 47.4 Å². The molecule has 0 rings (SSSR count). The zero-order valence-electron chi connectivity index (χ0n) is 39.0. The fraction of sp³-hybridized carbons (Fsp3) is 0.923. The Morgan fingerprint density at radius 3 is 1.17 bits per heavy atom. The van der Waals surface area contributed by atoms with Crippen LogP contribution in [-0.2, 0) is 14.3 Å². The summed E-state index contributed by atoms with van der Waals surface area (Å²) in [5.74, 6) is -0.0979. The molecule has 6 heteroatoms. The standard InChI is InChI=1S/C52H101NO5/c1-3-5-7-9-11-13-15-16-17-18-19-20-21-22-26-30-34-38-42-46-52(57)58-47-43-39-35-31-27-23-25-29-33-37-41-45-51(56)53-49(48-54)50(55)44-40-36-32-28-24-14-12-10-8-6-4-2/h40,44,49-50,54-55H,3-39,41-43,45-48H2,1-2H3,(H,53,56)/b44-40+. The number of aliphatic hydroxyl groups excluding tert-OH is 2. The monoisotopic (exact) mass is 820 g/mol. The van der Waals surface area contributed by atoms with Gasteiger partial charge in [0.25, 0.3) is 0 Å². The molecule has 0 spiro atoms. The van der Waals surface area contributed by atoms with Crippen molar-refractivity contribution >= 4 is 11.9 Å². The molecule has 0 fully saturated rings. The quantitative estimate of drug-likeness (QED) is 0.0323. The van der Waals surface area contributed by atoms with Gasteiger partial charge in [0.15, 0.2) is 0 Å². The van der Waals surface area contributed by atoms with Crippen molar-refractivity contribution in [2.75, 3.05) is 13.2 Å². The Morgan fingerprint density at radius 2 is 0.793 bits per heavy atom. The van der Waals surface area contributed by atoms with Crippen LogP contribution in [0.4, 0.5) is 0 Å². The molecule has 0 radical (unpaired) electrons. The lowest BCUT2D eigenvalue weighted by Crippen LogP contribution is -2.45. The van der Waals surface area contributed by atoms with Gasteiger partial charge in [0.2, 0.25) is 5.91 Å². The van der Waals surface area contributed by atoms with E-state index in [0.717, 1.165) is 57.8 Å². The molecule has 0 aliphatic rings. The average Bonchev–Trinajstić information content (AvgIpc) is 3.22. The summed E-state index contributed by atoms with van der Waals surface area (Å²) in [6, 6.07) is -0.639. The normalized spacial score (nSPS) is 12.7. The number of hydrogen-bond donors (Lipinski definition) is 3. The third kappa shape index (κ3) is 44.2. The fourth-order valence-electron chi connectivity index (χ4n) is 8.05. The van der Waals surface area contributed by atoms with Gasteiger partial charge in [-0.2, -0.15) is 0 Å². The summed E-state index contributed by atoms with van der Waals surface area (Å²) in [5, 5.41) is 22.9. The van der Waals surface area contributed by atoms with Gasteiger partial charge in [-0.25, -0.2) is 0 Å². The van der Waals surface area contributed by atoms with E-state index in [0.29, 0.717) is 19.4 Å². The van der Waals surface area contributed by atoms with Gasteiger partial charge in [-0.3, -0.25) is 9.59 Å². The van der Waals surface area contributed by atoms with Crippen LogP contribution in [0.15, 0.2) is 12.2 Å². The lowest BCUT2D eigenvalue weighted by atomic mass is 10.0. The van der Waals surface area contributed by atoms with Gasteiger partial charge in [0.1, 0.15) is 0 Å². The number of hydrogen-bond acceptors (Lipinski definition) is 5. The molecular formula is C52H101NO5. The van der Waals surface area contributed by atoms with E-state index in [1.807, 2.05) is 6.08 Å². The van der Waals surface area contributed by atoms with Gasteiger partial charge in [-0.1, -0.05) is 251 Å². The molecule has 2 unspecified atom stereocenters. The van der Waals surface area contributed by atoms with Crippen LogP contribution in [0.25, 0.3) is 0 Å². The molecule has 344 valence electrons.